The summed E-state index contributed by atoms with van der Waals surface area (Å²) < 4.78 is 2.15. The molecule has 4 nitrogen and oxygen atoms in total. The van der Waals surface area contributed by atoms with Crippen molar-refractivity contribution in [2.75, 3.05) is 0 Å². The number of aliphatic hydroxyl groups excluding tert-OH is 1. The summed E-state index contributed by atoms with van der Waals surface area (Å²) in [6.07, 6.45) is 1.22. The fourth-order valence-electron chi connectivity index (χ4n) is 1.87. The second-order valence-corrected chi connectivity index (χ2v) is 4.99. The van der Waals surface area contributed by atoms with Crippen LogP contribution in [0.3, 0.4) is 0 Å². The van der Waals surface area contributed by atoms with Crippen LogP contribution in [0.4, 0.5) is 0 Å². The summed E-state index contributed by atoms with van der Waals surface area (Å²) in [5.74, 6) is 1.95. The van der Waals surface area contributed by atoms with E-state index >= 15 is 0 Å². The van der Waals surface area contributed by atoms with Crippen LogP contribution in [-0.2, 0) is 18.4 Å². The zero-order valence-corrected chi connectivity index (χ0v) is 8.99. The van der Waals surface area contributed by atoms with E-state index < -0.39 is 0 Å². The fourth-order valence-corrected chi connectivity index (χ4v) is 1.87. The summed E-state index contributed by atoms with van der Waals surface area (Å²) in [7, 11) is 0. The highest BCUT2D eigenvalue weighted by atomic mass is 16.3. The lowest BCUT2D eigenvalue weighted by Crippen LogP contribution is -2.27. The Hall–Kier alpha value is -0.900. The van der Waals surface area contributed by atoms with Crippen molar-refractivity contribution >= 4 is 0 Å². The molecule has 0 spiro atoms. The van der Waals surface area contributed by atoms with Gasteiger partial charge in [0.1, 0.15) is 11.6 Å². The van der Waals surface area contributed by atoms with Crippen LogP contribution in [0.25, 0.3) is 0 Å². The molecule has 2 rings (SSSR count). The van der Waals surface area contributed by atoms with Crippen LogP contribution < -0.4 is 0 Å². The molecule has 1 aromatic heterocycles. The summed E-state index contributed by atoms with van der Waals surface area (Å²) in [6, 6.07) is 0. The number of rotatable bonds is 0. The number of hydrogen-bond acceptors (Lipinski definition) is 3. The first-order valence-corrected chi connectivity index (χ1v) is 5.09. The molecule has 0 radical (unpaired) electrons. The van der Waals surface area contributed by atoms with Crippen molar-refractivity contribution in [2.24, 2.45) is 0 Å². The third-order valence-corrected chi connectivity index (χ3v) is 2.60. The summed E-state index contributed by atoms with van der Waals surface area (Å²) >= 11 is 0. The maximum absolute atomic E-state index is 9.49. The zero-order valence-electron chi connectivity index (χ0n) is 8.99. The molecule has 0 saturated heterocycles. The molecule has 0 amide bonds. The molecule has 14 heavy (non-hydrogen) atoms. The Kier molecular flexibility index (Phi) is 2.10. The monoisotopic (exact) mass is 195 g/mol. The van der Waals surface area contributed by atoms with E-state index in [1.807, 2.05) is 0 Å². The van der Waals surface area contributed by atoms with Crippen LogP contribution in [-0.4, -0.2) is 26.0 Å². The average Bonchev–Trinajstić information content (AvgIpc) is 2.45. The second kappa shape index (κ2) is 3.05. The van der Waals surface area contributed by atoms with Gasteiger partial charge in [0.2, 0.25) is 0 Å². The molecular weight excluding hydrogens is 178 g/mol. The van der Waals surface area contributed by atoms with Crippen molar-refractivity contribution in [1.82, 2.24) is 14.8 Å². The zero-order chi connectivity index (χ0) is 10.3. The summed E-state index contributed by atoms with van der Waals surface area (Å²) in [5, 5.41) is 17.8. The van der Waals surface area contributed by atoms with E-state index in [1.54, 1.807) is 0 Å². The lowest BCUT2D eigenvalue weighted by Gasteiger charge is -2.24. The average molecular weight is 195 g/mol. The van der Waals surface area contributed by atoms with Crippen molar-refractivity contribution in [3.8, 4) is 0 Å². The highest BCUT2D eigenvalue weighted by molar-refractivity contribution is 5.08. The fraction of sp³-hybridized carbons (Fsp3) is 0.800. The normalized spacial score (nSPS) is 22.1. The van der Waals surface area contributed by atoms with Crippen LogP contribution in [0.1, 0.15) is 38.8 Å². The van der Waals surface area contributed by atoms with Crippen LogP contribution in [0.2, 0.25) is 0 Å². The Balaban J connectivity index is 2.38. The van der Waals surface area contributed by atoms with Crippen LogP contribution in [0, 0.1) is 0 Å². The Labute approximate surface area is 84.0 Å². The molecule has 0 fully saturated rings. The van der Waals surface area contributed by atoms with Gasteiger partial charge in [-0.1, -0.05) is 20.8 Å². The highest BCUT2D eigenvalue weighted by Crippen LogP contribution is 2.24. The molecule has 0 bridgehead atoms. The first kappa shape index (κ1) is 9.65. The minimum atomic E-state index is -0.237. The number of nitrogens with zero attached hydrogens (tertiary/aromatic N) is 3. The number of aromatic nitrogens is 3. The third-order valence-electron chi connectivity index (χ3n) is 2.60. The summed E-state index contributed by atoms with van der Waals surface area (Å²) in [6.45, 7) is 7.25. The first-order valence-electron chi connectivity index (χ1n) is 5.09. The number of aliphatic hydroxyl groups is 1. The van der Waals surface area contributed by atoms with Crippen LogP contribution in [0.15, 0.2) is 0 Å². The van der Waals surface area contributed by atoms with Gasteiger partial charge < -0.3 is 9.67 Å². The third kappa shape index (κ3) is 1.54. The quantitative estimate of drug-likeness (QED) is 0.668. The van der Waals surface area contributed by atoms with E-state index in [-0.39, 0.29) is 11.5 Å². The second-order valence-electron chi connectivity index (χ2n) is 4.99. The van der Waals surface area contributed by atoms with Crippen molar-refractivity contribution in [2.45, 2.75) is 51.7 Å². The van der Waals surface area contributed by atoms with Gasteiger partial charge in [-0.3, -0.25) is 0 Å². The molecule has 1 aliphatic rings. The molecule has 1 atom stereocenters. The summed E-state index contributed by atoms with van der Waals surface area (Å²) in [4.78, 5) is 0. The SMILES string of the molecule is CC(C)(C)c1nnc2n1CCC(O)C2. The predicted octanol–water partition coefficient (Wildman–Crippen LogP) is 0.883. The molecular formula is C10H17N3O. The lowest BCUT2D eigenvalue weighted by molar-refractivity contribution is 0.140. The lowest BCUT2D eigenvalue weighted by atomic mass is 9.95. The molecule has 0 aromatic carbocycles. The Morgan fingerprint density at radius 1 is 1.36 bits per heavy atom. The van der Waals surface area contributed by atoms with Gasteiger partial charge in [0.25, 0.3) is 0 Å². The molecule has 2 heterocycles. The minimum absolute atomic E-state index is 0.0353. The smallest absolute Gasteiger partial charge is 0.138 e. The van der Waals surface area contributed by atoms with E-state index in [0.29, 0.717) is 6.42 Å². The maximum Gasteiger partial charge on any atom is 0.138 e. The standard InChI is InChI=1S/C10H17N3O/c1-10(2,3)9-12-11-8-6-7(14)4-5-13(8)9/h7,14H,4-6H2,1-3H3. The van der Waals surface area contributed by atoms with Gasteiger partial charge in [-0.15, -0.1) is 10.2 Å². The molecule has 4 heteroatoms. The van der Waals surface area contributed by atoms with Crippen molar-refractivity contribution < 1.29 is 5.11 Å². The van der Waals surface area contributed by atoms with Gasteiger partial charge in [0.15, 0.2) is 0 Å². The molecule has 1 unspecified atom stereocenters. The van der Waals surface area contributed by atoms with E-state index in [1.165, 1.54) is 0 Å². The van der Waals surface area contributed by atoms with Crippen LogP contribution >= 0.6 is 0 Å². The van der Waals surface area contributed by atoms with Crippen molar-refractivity contribution in [3.05, 3.63) is 11.6 Å². The van der Waals surface area contributed by atoms with Gasteiger partial charge in [-0.25, -0.2) is 0 Å². The topological polar surface area (TPSA) is 50.9 Å². The molecule has 1 N–H and O–H groups in total. The Morgan fingerprint density at radius 3 is 2.71 bits per heavy atom. The number of fused-ring (bicyclic) bond motifs is 1. The van der Waals surface area contributed by atoms with E-state index in [0.717, 1.165) is 24.6 Å². The first-order chi connectivity index (χ1) is 6.48. The summed E-state index contributed by atoms with van der Waals surface area (Å²) in [5.41, 5.74) is 0.0353. The highest BCUT2D eigenvalue weighted by Gasteiger charge is 2.27. The van der Waals surface area contributed by atoms with E-state index in [2.05, 4.69) is 35.5 Å². The van der Waals surface area contributed by atoms with Gasteiger partial charge >= 0.3 is 0 Å². The van der Waals surface area contributed by atoms with Crippen molar-refractivity contribution in [1.29, 1.82) is 0 Å². The number of hydrogen-bond donors (Lipinski definition) is 1. The molecule has 0 saturated carbocycles. The van der Waals surface area contributed by atoms with Gasteiger partial charge in [-0.05, 0) is 6.42 Å². The largest absolute Gasteiger partial charge is 0.393 e. The van der Waals surface area contributed by atoms with E-state index in [4.69, 9.17) is 0 Å². The van der Waals surface area contributed by atoms with Gasteiger partial charge in [-0.2, -0.15) is 0 Å². The van der Waals surface area contributed by atoms with Gasteiger partial charge in [0, 0.05) is 18.4 Å². The molecule has 1 aromatic rings. The van der Waals surface area contributed by atoms with Crippen molar-refractivity contribution in [3.63, 3.8) is 0 Å². The molecule has 0 aliphatic carbocycles. The maximum atomic E-state index is 9.49. The van der Waals surface area contributed by atoms with Crippen LogP contribution in [0.5, 0.6) is 0 Å². The Bertz CT molecular complexity index is 338. The minimum Gasteiger partial charge on any atom is -0.393 e. The molecule has 78 valence electrons. The molecule has 1 aliphatic heterocycles. The van der Waals surface area contributed by atoms with E-state index in [9.17, 15) is 5.11 Å². The predicted molar refractivity (Wildman–Crippen MR) is 53.0 cm³/mol. The van der Waals surface area contributed by atoms with Gasteiger partial charge in [0.05, 0.1) is 6.10 Å². The Morgan fingerprint density at radius 2 is 2.07 bits per heavy atom.